The van der Waals surface area contributed by atoms with Gasteiger partial charge in [-0.3, -0.25) is 0 Å². The molecular formula is C13H16N2O3S. The van der Waals surface area contributed by atoms with E-state index >= 15 is 0 Å². The van der Waals surface area contributed by atoms with Crippen LogP contribution in [-0.2, 0) is 6.54 Å². The Bertz CT molecular complexity index is 588. The van der Waals surface area contributed by atoms with Crippen molar-refractivity contribution < 1.29 is 14.3 Å². The average Bonchev–Trinajstić information content (AvgIpc) is 2.92. The van der Waals surface area contributed by atoms with Gasteiger partial charge >= 0.3 is 5.97 Å². The lowest BCUT2D eigenvalue weighted by Crippen LogP contribution is -2.17. The van der Waals surface area contributed by atoms with E-state index in [1.165, 1.54) is 4.88 Å². The Morgan fingerprint density at radius 2 is 2.32 bits per heavy atom. The van der Waals surface area contributed by atoms with Gasteiger partial charge in [0.2, 0.25) is 5.76 Å². The molecule has 0 amide bonds. The normalized spacial score (nSPS) is 12.6. The van der Waals surface area contributed by atoms with Crippen LogP contribution in [0.1, 0.15) is 44.7 Å². The Kier molecular flexibility index (Phi) is 4.01. The van der Waals surface area contributed by atoms with E-state index < -0.39 is 5.97 Å². The van der Waals surface area contributed by atoms with Gasteiger partial charge in [-0.15, -0.1) is 11.3 Å². The zero-order chi connectivity index (χ0) is 14.0. The van der Waals surface area contributed by atoms with E-state index in [4.69, 9.17) is 9.52 Å². The lowest BCUT2D eigenvalue weighted by atomic mass is 10.2. The van der Waals surface area contributed by atoms with Gasteiger partial charge in [0.1, 0.15) is 10.8 Å². The largest absolute Gasteiger partial charge is 0.475 e. The molecule has 0 saturated heterocycles. The molecule has 19 heavy (non-hydrogen) atoms. The number of hydrogen-bond acceptors (Lipinski definition) is 5. The predicted molar refractivity (Wildman–Crippen MR) is 72.5 cm³/mol. The summed E-state index contributed by atoms with van der Waals surface area (Å²) < 4.78 is 5.29. The number of aryl methyl sites for hydroxylation is 2. The Morgan fingerprint density at radius 1 is 1.58 bits per heavy atom. The number of rotatable bonds is 5. The maximum atomic E-state index is 10.9. The lowest BCUT2D eigenvalue weighted by Gasteiger charge is -2.09. The van der Waals surface area contributed by atoms with Gasteiger partial charge in [-0.25, -0.2) is 9.78 Å². The number of furan rings is 1. The van der Waals surface area contributed by atoms with Gasteiger partial charge in [-0.05, 0) is 26.8 Å². The van der Waals surface area contributed by atoms with Crippen LogP contribution in [0.3, 0.4) is 0 Å². The highest BCUT2D eigenvalue weighted by atomic mass is 32.1. The highest BCUT2D eigenvalue weighted by Gasteiger charge is 2.15. The molecule has 0 aliphatic heterocycles. The number of carboxylic acids is 1. The molecule has 0 fully saturated rings. The molecule has 2 heterocycles. The van der Waals surface area contributed by atoms with Crippen molar-refractivity contribution in [2.75, 3.05) is 0 Å². The van der Waals surface area contributed by atoms with Crippen LogP contribution >= 0.6 is 11.3 Å². The van der Waals surface area contributed by atoms with Crippen molar-refractivity contribution in [3.63, 3.8) is 0 Å². The van der Waals surface area contributed by atoms with Crippen LogP contribution in [0.4, 0.5) is 0 Å². The topological polar surface area (TPSA) is 75.4 Å². The van der Waals surface area contributed by atoms with Gasteiger partial charge in [-0.2, -0.15) is 0 Å². The van der Waals surface area contributed by atoms with Gasteiger partial charge in [0.25, 0.3) is 0 Å². The molecule has 1 unspecified atom stereocenters. The fourth-order valence-corrected chi connectivity index (χ4v) is 2.56. The van der Waals surface area contributed by atoms with E-state index in [0.717, 1.165) is 5.01 Å². The van der Waals surface area contributed by atoms with E-state index in [-0.39, 0.29) is 11.8 Å². The third-order valence-corrected chi connectivity index (χ3v) is 3.85. The van der Waals surface area contributed by atoms with Gasteiger partial charge in [-0.1, -0.05) is 0 Å². The minimum absolute atomic E-state index is 0.00884. The first-order valence-electron chi connectivity index (χ1n) is 5.95. The number of hydrogen-bond donors (Lipinski definition) is 2. The first kappa shape index (κ1) is 13.8. The molecule has 102 valence electrons. The van der Waals surface area contributed by atoms with Crippen LogP contribution in [0, 0.1) is 13.8 Å². The third-order valence-electron chi connectivity index (χ3n) is 2.76. The molecule has 2 N–H and O–H groups in total. The van der Waals surface area contributed by atoms with Gasteiger partial charge in [0.05, 0.1) is 12.6 Å². The number of thiazole rings is 1. The quantitative estimate of drug-likeness (QED) is 0.880. The highest BCUT2D eigenvalue weighted by Crippen LogP contribution is 2.20. The van der Waals surface area contributed by atoms with Crippen molar-refractivity contribution in [2.45, 2.75) is 33.4 Å². The standard InChI is InChI=1S/C13H16N2O3S/c1-7-4-10(18-11(7)13(16)17)6-14-9(3)12-15-5-8(2)19-12/h4-5,9,14H,6H2,1-3H3,(H,16,17). The van der Waals surface area contributed by atoms with Crippen LogP contribution in [-0.4, -0.2) is 16.1 Å². The fourth-order valence-electron chi connectivity index (χ4n) is 1.76. The van der Waals surface area contributed by atoms with Crippen molar-refractivity contribution in [1.82, 2.24) is 10.3 Å². The molecular weight excluding hydrogens is 264 g/mol. The molecule has 0 aliphatic carbocycles. The third kappa shape index (κ3) is 3.21. The monoisotopic (exact) mass is 280 g/mol. The lowest BCUT2D eigenvalue weighted by molar-refractivity contribution is 0.0659. The summed E-state index contributed by atoms with van der Waals surface area (Å²) in [6.07, 6.45) is 1.84. The zero-order valence-electron chi connectivity index (χ0n) is 11.1. The summed E-state index contributed by atoms with van der Waals surface area (Å²) in [6.45, 7) is 6.24. The summed E-state index contributed by atoms with van der Waals surface area (Å²) in [6, 6.07) is 1.85. The molecule has 6 heteroatoms. The molecule has 0 aliphatic rings. The van der Waals surface area contributed by atoms with Crippen LogP contribution in [0.2, 0.25) is 0 Å². The molecule has 1 atom stereocenters. The summed E-state index contributed by atoms with van der Waals surface area (Å²) in [7, 11) is 0. The van der Waals surface area contributed by atoms with Crippen molar-refractivity contribution in [3.05, 3.63) is 39.2 Å². The zero-order valence-corrected chi connectivity index (χ0v) is 11.9. The molecule has 5 nitrogen and oxygen atoms in total. The van der Waals surface area contributed by atoms with Crippen LogP contribution in [0.15, 0.2) is 16.7 Å². The summed E-state index contributed by atoms with van der Waals surface area (Å²) in [5, 5.41) is 13.2. The van der Waals surface area contributed by atoms with E-state index in [1.807, 2.05) is 20.0 Å². The summed E-state index contributed by atoms with van der Waals surface area (Å²) >= 11 is 1.65. The molecule has 0 radical (unpaired) electrons. The molecule has 2 aromatic rings. The van der Waals surface area contributed by atoms with E-state index in [0.29, 0.717) is 17.9 Å². The number of nitrogens with zero attached hydrogens (tertiary/aromatic N) is 1. The van der Waals surface area contributed by atoms with E-state index in [1.54, 1.807) is 24.3 Å². The summed E-state index contributed by atoms with van der Waals surface area (Å²) in [5.41, 5.74) is 0.641. The predicted octanol–water partition coefficient (Wildman–Crippen LogP) is 2.90. The maximum Gasteiger partial charge on any atom is 0.372 e. The number of carbonyl (C=O) groups is 1. The van der Waals surface area contributed by atoms with Crippen molar-refractivity contribution in [1.29, 1.82) is 0 Å². The molecule has 0 spiro atoms. The van der Waals surface area contributed by atoms with Crippen molar-refractivity contribution in [3.8, 4) is 0 Å². The highest BCUT2D eigenvalue weighted by molar-refractivity contribution is 7.11. The Hall–Kier alpha value is -1.66. The van der Waals surface area contributed by atoms with Gasteiger partial charge in [0.15, 0.2) is 0 Å². The molecule has 2 rings (SSSR count). The van der Waals surface area contributed by atoms with Gasteiger partial charge in [0, 0.05) is 16.6 Å². The molecule has 0 aromatic carbocycles. The Morgan fingerprint density at radius 3 is 2.84 bits per heavy atom. The first-order valence-corrected chi connectivity index (χ1v) is 6.77. The Labute approximate surface area is 115 Å². The minimum Gasteiger partial charge on any atom is -0.475 e. The molecule has 0 saturated carbocycles. The SMILES string of the molecule is Cc1cnc(C(C)NCc2cc(C)c(C(=O)O)o2)s1. The van der Waals surface area contributed by atoms with Crippen LogP contribution in [0.5, 0.6) is 0 Å². The number of carboxylic acid groups (broad SMARTS) is 1. The van der Waals surface area contributed by atoms with Crippen molar-refractivity contribution in [2.24, 2.45) is 0 Å². The van der Waals surface area contributed by atoms with Crippen LogP contribution in [0.25, 0.3) is 0 Å². The second-order valence-corrected chi connectivity index (χ2v) is 5.71. The molecule has 0 bridgehead atoms. The average molecular weight is 280 g/mol. The smallest absolute Gasteiger partial charge is 0.372 e. The number of aromatic carboxylic acids is 1. The Balaban J connectivity index is 1.99. The fraction of sp³-hybridized carbons (Fsp3) is 0.385. The first-order chi connectivity index (χ1) is 8.97. The number of aromatic nitrogens is 1. The summed E-state index contributed by atoms with van der Waals surface area (Å²) in [5.74, 6) is -0.406. The van der Waals surface area contributed by atoms with E-state index in [2.05, 4.69) is 10.3 Å². The second-order valence-electron chi connectivity index (χ2n) is 4.44. The van der Waals surface area contributed by atoms with Crippen LogP contribution < -0.4 is 5.32 Å². The maximum absolute atomic E-state index is 10.9. The minimum atomic E-state index is -1.03. The second kappa shape index (κ2) is 5.54. The summed E-state index contributed by atoms with van der Waals surface area (Å²) in [4.78, 5) is 16.4. The molecule has 2 aromatic heterocycles. The van der Waals surface area contributed by atoms with Gasteiger partial charge < -0.3 is 14.8 Å². The van der Waals surface area contributed by atoms with E-state index in [9.17, 15) is 4.79 Å². The van der Waals surface area contributed by atoms with Crippen molar-refractivity contribution >= 4 is 17.3 Å². The number of nitrogens with one attached hydrogen (secondary N) is 1.